The fourth-order valence-electron chi connectivity index (χ4n) is 1.27. The zero-order valence-electron chi connectivity index (χ0n) is 8.74. The van der Waals surface area contributed by atoms with E-state index in [0.717, 1.165) is 0 Å². The van der Waals surface area contributed by atoms with Crippen LogP contribution >= 0.6 is 0 Å². The van der Waals surface area contributed by atoms with Gasteiger partial charge in [0.15, 0.2) is 5.78 Å². The second kappa shape index (κ2) is 4.59. The third-order valence-corrected chi connectivity index (χ3v) is 2.07. The molecule has 0 heterocycles. The van der Waals surface area contributed by atoms with Crippen LogP contribution in [-0.4, -0.2) is 18.9 Å². The molecule has 0 saturated heterocycles. The molecule has 1 aromatic rings. The number of hydrogen-bond acceptors (Lipinski definition) is 4. The molecular formula is C11H13NO3. The van der Waals surface area contributed by atoms with E-state index >= 15 is 0 Å². The summed E-state index contributed by atoms with van der Waals surface area (Å²) in [6.45, 7) is 1.73. The van der Waals surface area contributed by atoms with Crippen molar-refractivity contribution in [3.05, 3.63) is 29.3 Å². The first kappa shape index (κ1) is 11.2. The van der Waals surface area contributed by atoms with E-state index in [1.807, 2.05) is 0 Å². The number of anilines is 1. The number of methoxy groups -OCH3 is 1. The highest BCUT2D eigenvalue weighted by Gasteiger charge is 2.16. The predicted molar refractivity (Wildman–Crippen MR) is 56.8 cm³/mol. The average molecular weight is 207 g/mol. The van der Waals surface area contributed by atoms with E-state index in [1.165, 1.54) is 19.2 Å². The van der Waals surface area contributed by atoms with Gasteiger partial charge in [-0.05, 0) is 18.2 Å². The van der Waals surface area contributed by atoms with Gasteiger partial charge in [0.1, 0.15) is 0 Å². The Kier molecular flexibility index (Phi) is 3.44. The summed E-state index contributed by atoms with van der Waals surface area (Å²) < 4.78 is 4.58. The molecule has 15 heavy (non-hydrogen) atoms. The van der Waals surface area contributed by atoms with Crippen LogP contribution in [0.25, 0.3) is 0 Å². The number of ether oxygens (including phenoxy) is 1. The summed E-state index contributed by atoms with van der Waals surface area (Å²) in [4.78, 5) is 22.9. The molecule has 1 aromatic carbocycles. The van der Waals surface area contributed by atoms with Crippen molar-refractivity contribution in [1.29, 1.82) is 0 Å². The summed E-state index contributed by atoms with van der Waals surface area (Å²) in [5.74, 6) is -0.644. The van der Waals surface area contributed by atoms with E-state index in [-0.39, 0.29) is 11.3 Å². The number of hydrogen-bond donors (Lipinski definition) is 1. The number of Topliss-reactive ketones (excluding diaryl/α,β-unsaturated/α-hetero) is 1. The van der Waals surface area contributed by atoms with Crippen LogP contribution in [0, 0.1) is 0 Å². The van der Waals surface area contributed by atoms with Crippen molar-refractivity contribution in [3.8, 4) is 0 Å². The first-order valence-electron chi connectivity index (χ1n) is 4.61. The molecule has 4 heteroatoms. The summed E-state index contributed by atoms with van der Waals surface area (Å²) in [5.41, 5.74) is 6.60. The first-order chi connectivity index (χ1) is 7.10. The second-order valence-electron chi connectivity index (χ2n) is 3.07. The Hall–Kier alpha value is -1.84. The smallest absolute Gasteiger partial charge is 0.338 e. The van der Waals surface area contributed by atoms with Crippen molar-refractivity contribution in [3.63, 3.8) is 0 Å². The molecule has 0 aliphatic heterocycles. The van der Waals surface area contributed by atoms with Crippen molar-refractivity contribution in [2.45, 2.75) is 13.3 Å². The third-order valence-electron chi connectivity index (χ3n) is 2.07. The molecule has 0 atom stereocenters. The summed E-state index contributed by atoms with van der Waals surface area (Å²) in [7, 11) is 1.28. The monoisotopic (exact) mass is 207 g/mol. The molecule has 1 rings (SSSR count). The van der Waals surface area contributed by atoms with E-state index in [4.69, 9.17) is 5.73 Å². The number of ketones is 1. The van der Waals surface area contributed by atoms with E-state index in [1.54, 1.807) is 13.0 Å². The van der Waals surface area contributed by atoms with Crippen molar-refractivity contribution in [2.75, 3.05) is 12.8 Å². The van der Waals surface area contributed by atoms with Crippen molar-refractivity contribution < 1.29 is 14.3 Å². The van der Waals surface area contributed by atoms with Gasteiger partial charge in [-0.3, -0.25) is 4.79 Å². The van der Waals surface area contributed by atoms with Crippen LogP contribution in [0.3, 0.4) is 0 Å². The van der Waals surface area contributed by atoms with Gasteiger partial charge in [-0.25, -0.2) is 4.79 Å². The highest BCUT2D eigenvalue weighted by molar-refractivity contribution is 6.06. The van der Waals surface area contributed by atoms with Gasteiger partial charge in [0.05, 0.1) is 12.7 Å². The number of esters is 1. The van der Waals surface area contributed by atoms with Crippen LogP contribution in [0.2, 0.25) is 0 Å². The minimum absolute atomic E-state index is 0.122. The number of nitrogen functional groups attached to an aromatic ring is 1. The van der Waals surface area contributed by atoms with Gasteiger partial charge in [-0.1, -0.05) is 6.92 Å². The van der Waals surface area contributed by atoms with Gasteiger partial charge in [-0.15, -0.1) is 0 Å². The van der Waals surface area contributed by atoms with Crippen molar-refractivity contribution in [2.24, 2.45) is 0 Å². The Morgan fingerprint density at radius 3 is 2.53 bits per heavy atom. The summed E-state index contributed by atoms with van der Waals surface area (Å²) >= 11 is 0. The van der Waals surface area contributed by atoms with Crippen molar-refractivity contribution in [1.82, 2.24) is 0 Å². The largest absolute Gasteiger partial charge is 0.465 e. The van der Waals surface area contributed by atoms with Crippen LogP contribution in [0.5, 0.6) is 0 Å². The lowest BCUT2D eigenvalue weighted by atomic mass is 10.0. The van der Waals surface area contributed by atoms with Crippen LogP contribution in [0.1, 0.15) is 34.1 Å². The van der Waals surface area contributed by atoms with Crippen molar-refractivity contribution >= 4 is 17.4 Å². The van der Waals surface area contributed by atoms with E-state index in [9.17, 15) is 9.59 Å². The molecule has 0 aromatic heterocycles. The highest BCUT2D eigenvalue weighted by Crippen LogP contribution is 2.16. The number of nitrogens with two attached hydrogens (primary N) is 1. The Morgan fingerprint density at radius 2 is 2.00 bits per heavy atom. The highest BCUT2D eigenvalue weighted by atomic mass is 16.5. The Balaban J connectivity index is 3.26. The predicted octanol–water partition coefficient (Wildman–Crippen LogP) is 1.65. The lowest BCUT2D eigenvalue weighted by Gasteiger charge is -2.06. The molecular weight excluding hydrogens is 194 g/mol. The maximum Gasteiger partial charge on any atom is 0.338 e. The summed E-state index contributed by atoms with van der Waals surface area (Å²) in [5, 5.41) is 0. The molecule has 0 fully saturated rings. The molecule has 4 nitrogen and oxygen atoms in total. The fraction of sp³-hybridized carbons (Fsp3) is 0.273. The zero-order chi connectivity index (χ0) is 11.4. The lowest BCUT2D eigenvalue weighted by molar-refractivity contribution is 0.0597. The van der Waals surface area contributed by atoms with Gasteiger partial charge >= 0.3 is 5.97 Å². The maximum absolute atomic E-state index is 11.5. The van der Waals surface area contributed by atoms with E-state index in [2.05, 4.69) is 4.74 Å². The topological polar surface area (TPSA) is 69.4 Å². The molecule has 0 bridgehead atoms. The van der Waals surface area contributed by atoms with Gasteiger partial charge < -0.3 is 10.5 Å². The van der Waals surface area contributed by atoms with Crippen LogP contribution in [0.15, 0.2) is 18.2 Å². The minimum Gasteiger partial charge on any atom is -0.465 e. The second-order valence-corrected chi connectivity index (χ2v) is 3.07. The SMILES string of the molecule is CCC(=O)c1cc(N)ccc1C(=O)OC. The quantitative estimate of drug-likeness (QED) is 0.464. The summed E-state index contributed by atoms with van der Waals surface area (Å²) in [6, 6.07) is 4.57. The first-order valence-corrected chi connectivity index (χ1v) is 4.61. The average Bonchev–Trinajstić information content (AvgIpc) is 2.26. The molecule has 0 saturated carbocycles. The van der Waals surface area contributed by atoms with E-state index < -0.39 is 5.97 Å². The molecule has 0 aliphatic rings. The Bertz CT molecular complexity index is 399. The standard InChI is InChI=1S/C11H13NO3/c1-3-10(13)9-6-7(12)4-5-8(9)11(14)15-2/h4-6H,3,12H2,1-2H3. The molecule has 0 amide bonds. The van der Waals surface area contributed by atoms with Crippen LogP contribution < -0.4 is 5.73 Å². The number of rotatable bonds is 3. The number of carbonyl (C=O) groups excluding carboxylic acids is 2. The molecule has 80 valence electrons. The van der Waals surface area contributed by atoms with Gasteiger partial charge in [-0.2, -0.15) is 0 Å². The minimum atomic E-state index is -0.521. The Labute approximate surface area is 88.0 Å². The van der Waals surface area contributed by atoms with Gasteiger partial charge in [0.2, 0.25) is 0 Å². The Morgan fingerprint density at radius 1 is 1.33 bits per heavy atom. The normalized spacial score (nSPS) is 9.73. The molecule has 2 N–H and O–H groups in total. The lowest BCUT2D eigenvalue weighted by Crippen LogP contribution is -2.10. The van der Waals surface area contributed by atoms with Gasteiger partial charge in [0, 0.05) is 17.7 Å². The molecule has 0 unspecified atom stereocenters. The molecule has 0 aliphatic carbocycles. The maximum atomic E-state index is 11.5. The van der Waals surface area contributed by atoms with Crippen LogP contribution in [-0.2, 0) is 4.74 Å². The molecule has 0 spiro atoms. The fourth-order valence-corrected chi connectivity index (χ4v) is 1.27. The van der Waals surface area contributed by atoms with E-state index in [0.29, 0.717) is 17.7 Å². The van der Waals surface area contributed by atoms with Crippen LogP contribution in [0.4, 0.5) is 5.69 Å². The third kappa shape index (κ3) is 2.34. The summed E-state index contributed by atoms with van der Waals surface area (Å²) in [6.07, 6.45) is 0.327. The van der Waals surface area contributed by atoms with Gasteiger partial charge in [0.25, 0.3) is 0 Å². The number of carbonyl (C=O) groups is 2. The number of benzene rings is 1. The zero-order valence-corrected chi connectivity index (χ0v) is 8.74. The molecule has 0 radical (unpaired) electrons.